The second-order valence-electron chi connectivity index (χ2n) is 7.37. The van der Waals surface area contributed by atoms with Crippen molar-refractivity contribution in [1.29, 1.82) is 0 Å². The molecule has 1 atom stereocenters. The lowest BCUT2D eigenvalue weighted by molar-refractivity contribution is -0.135. The molecule has 1 N–H and O–H groups in total. The van der Waals surface area contributed by atoms with Gasteiger partial charge in [-0.25, -0.2) is 4.98 Å². The SMILES string of the molecule is Cc1cnn([C@@H](C)C(=O)N2CCC(c3nc4c(C)cccc4[nH]3)CC2)c1. The van der Waals surface area contributed by atoms with E-state index in [-0.39, 0.29) is 11.9 Å². The number of imidazole rings is 1. The maximum absolute atomic E-state index is 12.8. The van der Waals surface area contributed by atoms with E-state index >= 15 is 0 Å². The van der Waals surface area contributed by atoms with Crippen molar-refractivity contribution in [3.05, 3.63) is 47.5 Å². The molecule has 1 amide bonds. The fourth-order valence-electron chi connectivity index (χ4n) is 3.78. The molecule has 6 nitrogen and oxygen atoms in total. The Morgan fingerprint density at radius 2 is 2.04 bits per heavy atom. The Hall–Kier alpha value is -2.63. The Balaban J connectivity index is 1.43. The molecule has 1 aliphatic rings. The van der Waals surface area contributed by atoms with E-state index in [1.54, 1.807) is 10.9 Å². The molecule has 4 rings (SSSR count). The normalized spacial score (nSPS) is 17.0. The standard InChI is InChI=1S/C20H25N5O/c1-13-11-21-25(12-13)15(3)20(26)24-9-7-16(8-10-24)19-22-17-6-4-5-14(2)18(17)23-19/h4-6,11-12,15-16H,7-10H2,1-3H3,(H,22,23)/t15-/m0/s1. The molecule has 0 unspecified atom stereocenters. The molecule has 1 saturated heterocycles. The Labute approximate surface area is 153 Å². The number of aromatic nitrogens is 4. The highest BCUT2D eigenvalue weighted by Crippen LogP contribution is 2.29. The number of likely N-dealkylation sites (tertiary alicyclic amines) is 1. The maximum atomic E-state index is 12.8. The number of piperidine rings is 1. The number of nitrogens with one attached hydrogen (secondary N) is 1. The highest BCUT2D eigenvalue weighted by Gasteiger charge is 2.29. The van der Waals surface area contributed by atoms with Gasteiger partial charge in [0.05, 0.1) is 17.2 Å². The number of nitrogens with zero attached hydrogens (tertiary/aromatic N) is 4. The van der Waals surface area contributed by atoms with Crippen LogP contribution in [0.2, 0.25) is 0 Å². The number of H-pyrrole nitrogens is 1. The van der Waals surface area contributed by atoms with Crippen LogP contribution in [0.15, 0.2) is 30.6 Å². The third kappa shape index (κ3) is 3.00. The summed E-state index contributed by atoms with van der Waals surface area (Å²) in [5.41, 5.74) is 4.43. The van der Waals surface area contributed by atoms with Crippen molar-refractivity contribution < 1.29 is 4.79 Å². The molecule has 0 saturated carbocycles. The largest absolute Gasteiger partial charge is 0.342 e. The van der Waals surface area contributed by atoms with Crippen molar-refractivity contribution in [2.24, 2.45) is 0 Å². The van der Waals surface area contributed by atoms with Crippen LogP contribution in [0.4, 0.5) is 0 Å². The van der Waals surface area contributed by atoms with Gasteiger partial charge >= 0.3 is 0 Å². The predicted molar refractivity (Wildman–Crippen MR) is 101 cm³/mol. The number of amides is 1. The second-order valence-corrected chi connectivity index (χ2v) is 7.37. The Morgan fingerprint density at radius 3 is 2.69 bits per heavy atom. The van der Waals surface area contributed by atoms with Crippen LogP contribution in [0.3, 0.4) is 0 Å². The number of hydrogen-bond acceptors (Lipinski definition) is 3. The number of para-hydroxylation sites is 1. The lowest BCUT2D eigenvalue weighted by Gasteiger charge is -2.32. The van der Waals surface area contributed by atoms with Gasteiger partial charge in [-0.3, -0.25) is 9.48 Å². The molecule has 0 aliphatic carbocycles. The van der Waals surface area contributed by atoms with E-state index in [4.69, 9.17) is 4.98 Å². The van der Waals surface area contributed by atoms with Crippen molar-refractivity contribution in [2.45, 2.75) is 45.6 Å². The molecule has 26 heavy (non-hydrogen) atoms. The monoisotopic (exact) mass is 351 g/mol. The molecule has 1 aromatic carbocycles. The van der Waals surface area contributed by atoms with Crippen molar-refractivity contribution in [1.82, 2.24) is 24.6 Å². The van der Waals surface area contributed by atoms with Crippen LogP contribution >= 0.6 is 0 Å². The van der Waals surface area contributed by atoms with Crippen LogP contribution < -0.4 is 0 Å². The topological polar surface area (TPSA) is 66.8 Å². The van der Waals surface area contributed by atoms with Crippen LogP contribution in [-0.4, -0.2) is 43.6 Å². The lowest BCUT2D eigenvalue weighted by atomic mass is 9.96. The molecule has 1 aliphatic heterocycles. The first kappa shape index (κ1) is 16.8. The molecule has 3 aromatic rings. The van der Waals surface area contributed by atoms with Gasteiger partial charge in [-0.05, 0) is 50.8 Å². The summed E-state index contributed by atoms with van der Waals surface area (Å²) in [4.78, 5) is 23.0. The van der Waals surface area contributed by atoms with Crippen LogP contribution in [-0.2, 0) is 4.79 Å². The third-order valence-electron chi connectivity index (χ3n) is 5.41. The summed E-state index contributed by atoms with van der Waals surface area (Å²) in [6.07, 6.45) is 5.59. The van der Waals surface area contributed by atoms with Gasteiger partial charge in [0.1, 0.15) is 11.9 Å². The first-order valence-corrected chi connectivity index (χ1v) is 9.27. The van der Waals surface area contributed by atoms with Crippen molar-refractivity contribution >= 4 is 16.9 Å². The van der Waals surface area contributed by atoms with Gasteiger partial charge in [0.15, 0.2) is 0 Å². The quantitative estimate of drug-likeness (QED) is 0.787. The molecule has 0 bridgehead atoms. The first-order valence-electron chi connectivity index (χ1n) is 9.27. The van der Waals surface area contributed by atoms with E-state index in [0.717, 1.165) is 48.4 Å². The molecular formula is C20H25N5O. The molecule has 3 heterocycles. The average Bonchev–Trinajstić information content (AvgIpc) is 3.28. The Morgan fingerprint density at radius 1 is 1.27 bits per heavy atom. The van der Waals surface area contributed by atoms with Gasteiger partial charge in [0.2, 0.25) is 5.91 Å². The minimum atomic E-state index is -0.255. The summed E-state index contributed by atoms with van der Waals surface area (Å²) in [6.45, 7) is 7.53. The first-order chi connectivity index (χ1) is 12.5. The van der Waals surface area contributed by atoms with E-state index in [2.05, 4.69) is 35.2 Å². The second kappa shape index (κ2) is 6.59. The summed E-state index contributed by atoms with van der Waals surface area (Å²) in [5.74, 6) is 1.58. The van der Waals surface area contributed by atoms with Crippen molar-refractivity contribution in [2.75, 3.05) is 13.1 Å². The van der Waals surface area contributed by atoms with Crippen LogP contribution in [0, 0.1) is 13.8 Å². The number of hydrogen-bond donors (Lipinski definition) is 1. The zero-order valence-corrected chi connectivity index (χ0v) is 15.6. The van der Waals surface area contributed by atoms with E-state index in [0.29, 0.717) is 5.92 Å². The van der Waals surface area contributed by atoms with Gasteiger partial charge in [-0.2, -0.15) is 5.10 Å². The summed E-state index contributed by atoms with van der Waals surface area (Å²) >= 11 is 0. The number of carbonyl (C=O) groups excluding carboxylic acids is 1. The lowest BCUT2D eigenvalue weighted by Crippen LogP contribution is -2.41. The highest BCUT2D eigenvalue weighted by molar-refractivity contribution is 5.80. The average molecular weight is 351 g/mol. The van der Waals surface area contributed by atoms with Gasteiger partial charge < -0.3 is 9.88 Å². The van der Waals surface area contributed by atoms with Crippen LogP contribution in [0.5, 0.6) is 0 Å². The van der Waals surface area contributed by atoms with Crippen molar-refractivity contribution in [3.8, 4) is 0 Å². The third-order valence-corrected chi connectivity index (χ3v) is 5.41. The summed E-state index contributed by atoms with van der Waals surface area (Å²) in [7, 11) is 0. The van der Waals surface area contributed by atoms with Crippen LogP contribution in [0.25, 0.3) is 11.0 Å². The zero-order valence-electron chi connectivity index (χ0n) is 15.6. The van der Waals surface area contributed by atoms with Crippen LogP contribution in [0.1, 0.15) is 48.7 Å². The number of aryl methyl sites for hydroxylation is 2. The molecule has 0 spiro atoms. The Kier molecular flexibility index (Phi) is 4.26. The van der Waals surface area contributed by atoms with Crippen molar-refractivity contribution in [3.63, 3.8) is 0 Å². The van der Waals surface area contributed by atoms with Gasteiger partial charge in [0, 0.05) is 25.2 Å². The Bertz CT molecular complexity index is 933. The summed E-state index contributed by atoms with van der Waals surface area (Å²) < 4.78 is 1.76. The van der Waals surface area contributed by atoms with E-state index < -0.39 is 0 Å². The molecule has 0 radical (unpaired) electrons. The summed E-state index contributed by atoms with van der Waals surface area (Å²) in [5, 5.41) is 4.28. The molecule has 2 aromatic heterocycles. The minimum Gasteiger partial charge on any atom is -0.342 e. The fraction of sp³-hybridized carbons (Fsp3) is 0.450. The predicted octanol–water partition coefficient (Wildman–Crippen LogP) is 3.34. The fourth-order valence-corrected chi connectivity index (χ4v) is 3.78. The minimum absolute atomic E-state index is 0.145. The van der Waals surface area contributed by atoms with E-state index in [1.807, 2.05) is 24.9 Å². The van der Waals surface area contributed by atoms with E-state index in [9.17, 15) is 4.79 Å². The van der Waals surface area contributed by atoms with Gasteiger partial charge in [-0.15, -0.1) is 0 Å². The van der Waals surface area contributed by atoms with E-state index in [1.165, 1.54) is 5.56 Å². The number of aromatic amines is 1. The van der Waals surface area contributed by atoms with Gasteiger partial charge in [-0.1, -0.05) is 12.1 Å². The van der Waals surface area contributed by atoms with Gasteiger partial charge in [0.25, 0.3) is 0 Å². The number of rotatable bonds is 3. The highest BCUT2D eigenvalue weighted by atomic mass is 16.2. The smallest absolute Gasteiger partial charge is 0.247 e. The molecule has 6 heteroatoms. The number of fused-ring (bicyclic) bond motifs is 1. The molecule has 136 valence electrons. The summed E-state index contributed by atoms with van der Waals surface area (Å²) in [6, 6.07) is 5.96. The zero-order chi connectivity index (χ0) is 18.3. The molecule has 1 fully saturated rings. The number of benzene rings is 1. The molecular weight excluding hydrogens is 326 g/mol. The number of carbonyl (C=O) groups is 1. The maximum Gasteiger partial charge on any atom is 0.247 e.